The lowest BCUT2D eigenvalue weighted by Gasteiger charge is -2.33. The van der Waals surface area contributed by atoms with E-state index in [4.69, 9.17) is 0 Å². The Balaban J connectivity index is 2.83. The summed E-state index contributed by atoms with van der Waals surface area (Å²) in [5.41, 5.74) is 0. The topological polar surface area (TPSA) is 29.5 Å². The third kappa shape index (κ3) is 2.28. The van der Waals surface area contributed by atoms with Crippen molar-refractivity contribution in [3.8, 4) is 0 Å². The Morgan fingerprint density at radius 1 is 1.12 bits per heavy atom. The Morgan fingerprint density at radius 3 is 2.00 bits per heavy atom. The predicted octanol–water partition coefficient (Wildman–Crippen LogP) is 1.87. The standard InChI is InChI=1S/C9H13F4NO2/c1-16-8(10,9(11,12)13)7(15)14-5-3-2-4-6-14/h2-6H2,1H3. The van der Waals surface area contributed by atoms with Gasteiger partial charge >= 0.3 is 12.0 Å². The van der Waals surface area contributed by atoms with Crippen molar-refractivity contribution in [3.63, 3.8) is 0 Å². The lowest BCUT2D eigenvalue weighted by atomic mass is 10.1. The molecule has 1 fully saturated rings. The largest absolute Gasteiger partial charge is 0.458 e. The van der Waals surface area contributed by atoms with Gasteiger partial charge in [-0.25, -0.2) is 0 Å². The van der Waals surface area contributed by atoms with Gasteiger partial charge in [-0.1, -0.05) is 0 Å². The highest BCUT2D eigenvalue weighted by Gasteiger charge is 2.64. The fourth-order valence-electron chi connectivity index (χ4n) is 1.62. The Kier molecular flexibility index (Phi) is 3.77. The second-order valence-electron chi connectivity index (χ2n) is 3.65. The van der Waals surface area contributed by atoms with Crippen LogP contribution >= 0.6 is 0 Å². The number of methoxy groups -OCH3 is 1. The van der Waals surface area contributed by atoms with Crippen LogP contribution in [0.3, 0.4) is 0 Å². The maximum absolute atomic E-state index is 13.5. The number of halogens is 4. The maximum atomic E-state index is 13.5. The zero-order chi connectivity index (χ0) is 12.4. The third-order valence-corrected chi connectivity index (χ3v) is 2.56. The Morgan fingerprint density at radius 2 is 1.62 bits per heavy atom. The van der Waals surface area contributed by atoms with Gasteiger partial charge < -0.3 is 9.64 Å². The Bertz CT molecular complexity index is 263. The highest BCUT2D eigenvalue weighted by atomic mass is 19.4. The zero-order valence-electron chi connectivity index (χ0n) is 8.81. The number of rotatable bonds is 2. The minimum atomic E-state index is -5.35. The van der Waals surface area contributed by atoms with Crippen LogP contribution in [0.15, 0.2) is 0 Å². The molecule has 0 spiro atoms. The quantitative estimate of drug-likeness (QED) is 0.693. The summed E-state index contributed by atoms with van der Waals surface area (Å²) in [5, 5.41) is 0. The van der Waals surface area contributed by atoms with Gasteiger partial charge in [-0.05, 0) is 19.3 Å². The van der Waals surface area contributed by atoms with Crippen molar-refractivity contribution < 1.29 is 27.1 Å². The van der Waals surface area contributed by atoms with Gasteiger partial charge in [0.05, 0.1) is 0 Å². The van der Waals surface area contributed by atoms with Crippen molar-refractivity contribution in [2.75, 3.05) is 20.2 Å². The molecular weight excluding hydrogens is 230 g/mol. The van der Waals surface area contributed by atoms with E-state index in [-0.39, 0.29) is 13.1 Å². The van der Waals surface area contributed by atoms with Gasteiger partial charge in [0.1, 0.15) is 0 Å². The molecule has 0 radical (unpaired) electrons. The van der Waals surface area contributed by atoms with Gasteiger partial charge in [0.15, 0.2) is 0 Å². The number of hydrogen-bond acceptors (Lipinski definition) is 2. The van der Waals surface area contributed by atoms with E-state index in [0.29, 0.717) is 20.0 Å². The molecule has 7 heteroatoms. The Hall–Kier alpha value is -0.850. The monoisotopic (exact) mass is 243 g/mol. The molecule has 3 nitrogen and oxygen atoms in total. The number of carbonyl (C=O) groups excluding carboxylic acids is 1. The van der Waals surface area contributed by atoms with E-state index in [2.05, 4.69) is 4.74 Å². The van der Waals surface area contributed by atoms with E-state index in [1.54, 1.807) is 0 Å². The van der Waals surface area contributed by atoms with Crippen molar-refractivity contribution >= 4 is 5.91 Å². The summed E-state index contributed by atoms with van der Waals surface area (Å²) in [6.45, 7) is 0.286. The van der Waals surface area contributed by atoms with Crippen molar-refractivity contribution in [2.45, 2.75) is 31.3 Å². The summed E-state index contributed by atoms with van der Waals surface area (Å²) in [4.78, 5) is 12.3. The summed E-state index contributed by atoms with van der Waals surface area (Å²) in [7, 11) is 0.537. The van der Waals surface area contributed by atoms with Gasteiger partial charge in [0.25, 0.3) is 5.91 Å². The van der Waals surface area contributed by atoms with Gasteiger partial charge in [-0.2, -0.15) is 17.6 Å². The number of hydrogen-bond donors (Lipinski definition) is 0. The lowest BCUT2D eigenvalue weighted by Crippen LogP contribution is -2.57. The molecule has 1 aliphatic heterocycles. The number of amides is 1. The number of alkyl halides is 4. The van der Waals surface area contributed by atoms with Gasteiger partial charge in [0.2, 0.25) is 0 Å². The number of piperidine rings is 1. The molecule has 1 unspecified atom stereocenters. The molecule has 0 N–H and O–H groups in total. The third-order valence-electron chi connectivity index (χ3n) is 2.56. The van der Waals surface area contributed by atoms with Crippen LogP contribution in [0, 0.1) is 0 Å². The molecule has 16 heavy (non-hydrogen) atoms. The van der Waals surface area contributed by atoms with Crippen LogP contribution in [0.4, 0.5) is 17.6 Å². The summed E-state index contributed by atoms with van der Waals surface area (Å²) in [6.07, 6.45) is -3.34. The van der Waals surface area contributed by atoms with Crippen molar-refractivity contribution in [1.29, 1.82) is 0 Å². The second kappa shape index (κ2) is 4.57. The van der Waals surface area contributed by atoms with Crippen LogP contribution in [-0.4, -0.2) is 43.0 Å². The molecule has 1 aliphatic rings. The molecule has 0 aromatic rings. The number of carbonyl (C=O) groups is 1. The first-order chi connectivity index (χ1) is 7.33. The average molecular weight is 243 g/mol. The molecule has 1 rings (SSSR count). The molecule has 0 saturated carbocycles. The molecule has 0 aliphatic carbocycles. The number of likely N-dealkylation sites (tertiary alicyclic amines) is 1. The van der Waals surface area contributed by atoms with E-state index < -0.39 is 17.9 Å². The summed E-state index contributed by atoms with van der Waals surface area (Å²) in [6, 6.07) is 0. The molecule has 1 amide bonds. The van der Waals surface area contributed by atoms with Gasteiger partial charge in [-0.3, -0.25) is 4.79 Å². The Labute approximate surface area is 90.3 Å². The van der Waals surface area contributed by atoms with E-state index in [1.165, 1.54) is 0 Å². The minimum absolute atomic E-state index is 0.143. The molecule has 1 heterocycles. The summed E-state index contributed by atoms with van der Waals surface area (Å²) in [5.74, 6) is -5.87. The second-order valence-corrected chi connectivity index (χ2v) is 3.65. The van der Waals surface area contributed by atoms with Crippen LogP contribution in [0.2, 0.25) is 0 Å². The van der Waals surface area contributed by atoms with Crippen molar-refractivity contribution in [2.24, 2.45) is 0 Å². The zero-order valence-corrected chi connectivity index (χ0v) is 8.81. The summed E-state index contributed by atoms with van der Waals surface area (Å²) >= 11 is 0. The summed E-state index contributed by atoms with van der Waals surface area (Å²) < 4.78 is 54.3. The van der Waals surface area contributed by atoms with Crippen molar-refractivity contribution in [3.05, 3.63) is 0 Å². The van der Waals surface area contributed by atoms with E-state index in [1.807, 2.05) is 0 Å². The van der Waals surface area contributed by atoms with Crippen molar-refractivity contribution in [1.82, 2.24) is 4.90 Å². The van der Waals surface area contributed by atoms with Crippen LogP contribution in [0.5, 0.6) is 0 Å². The van der Waals surface area contributed by atoms with E-state index >= 15 is 0 Å². The minimum Gasteiger partial charge on any atom is -0.337 e. The first-order valence-corrected chi connectivity index (χ1v) is 4.93. The van der Waals surface area contributed by atoms with Crippen LogP contribution in [-0.2, 0) is 9.53 Å². The molecule has 94 valence electrons. The van der Waals surface area contributed by atoms with E-state index in [9.17, 15) is 22.4 Å². The predicted molar refractivity (Wildman–Crippen MR) is 47.3 cm³/mol. The van der Waals surface area contributed by atoms with Gasteiger partial charge in [0, 0.05) is 20.2 Å². The van der Waals surface area contributed by atoms with E-state index in [0.717, 1.165) is 11.3 Å². The highest BCUT2D eigenvalue weighted by Crippen LogP contribution is 2.36. The average Bonchev–Trinajstić information content (AvgIpc) is 2.26. The van der Waals surface area contributed by atoms with Crippen LogP contribution in [0.25, 0.3) is 0 Å². The molecule has 1 saturated heterocycles. The normalized spacial score (nSPS) is 21.7. The maximum Gasteiger partial charge on any atom is 0.458 e. The number of ether oxygens (including phenoxy) is 1. The first kappa shape index (κ1) is 13.2. The smallest absolute Gasteiger partial charge is 0.337 e. The fraction of sp³-hybridized carbons (Fsp3) is 0.889. The molecule has 0 aromatic carbocycles. The molecule has 0 aromatic heterocycles. The van der Waals surface area contributed by atoms with Crippen LogP contribution in [0.1, 0.15) is 19.3 Å². The van der Waals surface area contributed by atoms with Gasteiger partial charge in [-0.15, -0.1) is 0 Å². The SMILES string of the molecule is COC(F)(C(=O)N1CCCCC1)C(F)(F)F. The number of nitrogens with zero attached hydrogens (tertiary/aromatic N) is 1. The first-order valence-electron chi connectivity index (χ1n) is 4.93. The molecule has 1 atom stereocenters. The highest BCUT2D eigenvalue weighted by molar-refractivity contribution is 5.84. The fourth-order valence-corrected chi connectivity index (χ4v) is 1.62. The molecular formula is C9H13F4NO2. The van der Waals surface area contributed by atoms with Crippen LogP contribution < -0.4 is 0 Å². The molecule has 0 bridgehead atoms. The lowest BCUT2D eigenvalue weighted by molar-refractivity contribution is -0.311.